The Bertz CT molecular complexity index is 186. The van der Waals surface area contributed by atoms with E-state index in [1.54, 1.807) is 0 Å². The molecule has 6 heteroatoms. The highest BCUT2D eigenvalue weighted by atomic mass is 16.5. The third kappa shape index (κ3) is 1.05. The van der Waals surface area contributed by atoms with Crippen molar-refractivity contribution in [2.45, 2.75) is 25.9 Å². The largest absolute Gasteiger partial charge is 0.285 e. The minimum atomic E-state index is -1.02. The predicted molar refractivity (Wildman–Crippen MR) is 36.2 cm³/mol. The second-order valence-corrected chi connectivity index (χ2v) is 2.72. The van der Waals surface area contributed by atoms with E-state index in [4.69, 9.17) is 10.4 Å². The zero-order valence-corrected chi connectivity index (χ0v) is 6.76. The summed E-state index contributed by atoms with van der Waals surface area (Å²) in [6.45, 7) is 2.66. The highest BCUT2D eigenvalue weighted by molar-refractivity contribution is 5.94. The second-order valence-electron chi connectivity index (χ2n) is 2.72. The molecular weight excluding hydrogens is 164 g/mol. The molecule has 0 bridgehead atoms. The van der Waals surface area contributed by atoms with Gasteiger partial charge in [-0.15, -0.1) is 0 Å². The summed E-state index contributed by atoms with van der Waals surface area (Å²) >= 11 is 0. The maximum atomic E-state index is 11.0. The Hall–Kier alpha value is -1.14. The van der Waals surface area contributed by atoms with E-state index >= 15 is 0 Å². The lowest BCUT2D eigenvalue weighted by atomic mass is 10.1. The first-order valence-electron chi connectivity index (χ1n) is 3.50. The first kappa shape index (κ1) is 8.95. The molecule has 1 heterocycles. The van der Waals surface area contributed by atoms with Crippen LogP contribution in [0, 0.1) is 0 Å². The fourth-order valence-electron chi connectivity index (χ4n) is 0.974. The predicted octanol–water partition coefficient (Wildman–Crippen LogP) is -0.787. The summed E-state index contributed by atoms with van der Waals surface area (Å²) < 4.78 is 0. The molecule has 1 saturated heterocycles. The molecule has 2 atom stereocenters. The molecule has 1 aliphatic heterocycles. The van der Waals surface area contributed by atoms with Gasteiger partial charge < -0.3 is 0 Å². The fourth-order valence-corrected chi connectivity index (χ4v) is 0.974. The van der Waals surface area contributed by atoms with Crippen LogP contribution in [0.25, 0.3) is 0 Å². The van der Waals surface area contributed by atoms with E-state index in [0.717, 1.165) is 0 Å². The minimum Gasteiger partial charge on any atom is -0.285 e. The fraction of sp³-hybridized carbons (Fsp3) is 0.667. The highest BCUT2D eigenvalue weighted by Crippen LogP contribution is 2.13. The molecule has 6 nitrogen and oxygen atoms in total. The van der Waals surface area contributed by atoms with Crippen LogP contribution in [0.3, 0.4) is 0 Å². The molecule has 0 radical (unpaired) electrons. The zero-order valence-electron chi connectivity index (χ0n) is 6.76. The molecule has 0 aromatic carbocycles. The summed E-state index contributed by atoms with van der Waals surface area (Å²) in [7, 11) is 0. The molecule has 0 saturated carbocycles. The van der Waals surface area contributed by atoms with Crippen LogP contribution in [-0.4, -0.2) is 44.4 Å². The van der Waals surface area contributed by atoms with E-state index in [1.165, 1.54) is 13.8 Å². The van der Waals surface area contributed by atoms with Crippen LogP contribution in [0.4, 0.5) is 0 Å². The first-order valence-corrected chi connectivity index (χ1v) is 3.50. The van der Waals surface area contributed by atoms with Gasteiger partial charge in [0.1, 0.15) is 12.1 Å². The third-order valence-electron chi connectivity index (χ3n) is 1.90. The van der Waals surface area contributed by atoms with Gasteiger partial charge in [0.05, 0.1) is 0 Å². The summed E-state index contributed by atoms with van der Waals surface area (Å²) in [5.74, 6) is -1.38. The summed E-state index contributed by atoms with van der Waals surface area (Å²) in [5, 5.41) is 18.7. The van der Waals surface area contributed by atoms with Gasteiger partial charge in [-0.25, -0.2) is 10.1 Å². The molecule has 0 spiro atoms. The van der Waals surface area contributed by atoms with Crippen LogP contribution in [0.5, 0.6) is 0 Å². The number of nitrogens with zero attached hydrogens (tertiary/aromatic N) is 2. The van der Waals surface area contributed by atoms with E-state index in [9.17, 15) is 9.59 Å². The van der Waals surface area contributed by atoms with Gasteiger partial charge in [-0.2, -0.15) is 0 Å². The van der Waals surface area contributed by atoms with Crippen molar-refractivity contribution in [2.75, 3.05) is 0 Å². The lowest BCUT2D eigenvalue weighted by molar-refractivity contribution is -0.226. The van der Waals surface area contributed by atoms with Crippen molar-refractivity contribution < 1.29 is 20.0 Å². The molecule has 2 N–H and O–H groups in total. The number of hydroxylamine groups is 4. The SMILES string of the molecule is C[C@@H]1C(=O)N(O)[C@@H](C)C(=O)N1O. The normalized spacial score (nSPS) is 31.3. The molecular formula is C6H10N2O4. The average Bonchev–Trinajstić information content (AvgIpc) is 2.08. The lowest BCUT2D eigenvalue weighted by Crippen LogP contribution is -2.60. The highest BCUT2D eigenvalue weighted by Gasteiger charge is 2.41. The van der Waals surface area contributed by atoms with Gasteiger partial charge >= 0.3 is 0 Å². The number of amides is 2. The van der Waals surface area contributed by atoms with Crippen molar-refractivity contribution in [3.05, 3.63) is 0 Å². The molecule has 2 amide bonds. The first-order chi connectivity index (χ1) is 5.46. The summed E-state index contributed by atoms with van der Waals surface area (Å²) in [6, 6.07) is -2.03. The van der Waals surface area contributed by atoms with Crippen LogP contribution >= 0.6 is 0 Å². The number of carbonyl (C=O) groups is 2. The Labute approximate surface area is 68.9 Å². The van der Waals surface area contributed by atoms with E-state index < -0.39 is 23.9 Å². The number of carbonyl (C=O) groups excluding carboxylic acids is 2. The van der Waals surface area contributed by atoms with Gasteiger partial charge in [-0.05, 0) is 13.8 Å². The van der Waals surface area contributed by atoms with Crippen LogP contribution in [0.2, 0.25) is 0 Å². The maximum absolute atomic E-state index is 11.0. The van der Waals surface area contributed by atoms with Gasteiger partial charge in [0.25, 0.3) is 11.8 Å². The smallest absolute Gasteiger partial charge is 0.271 e. The molecule has 0 unspecified atom stereocenters. The molecule has 68 valence electrons. The summed E-state index contributed by atoms with van der Waals surface area (Å²) in [5.41, 5.74) is 0. The molecule has 1 rings (SSSR count). The van der Waals surface area contributed by atoms with Crippen molar-refractivity contribution in [2.24, 2.45) is 0 Å². The van der Waals surface area contributed by atoms with E-state index in [2.05, 4.69) is 0 Å². The number of piperazine rings is 1. The monoisotopic (exact) mass is 174 g/mol. The number of rotatable bonds is 0. The Kier molecular flexibility index (Phi) is 2.03. The summed E-state index contributed by atoms with van der Waals surface area (Å²) in [6.07, 6.45) is 0. The Morgan fingerprint density at radius 3 is 1.50 bits per heavy atom. The van der Waals surface area contributed by atoms with Crippen molar-refractivity contribution in [1.82, 2.24) is 10.1 Å². The molecule has 0 aromatic rings. The van der Waals surface area contributed by atoms with Crippen molar-refractivity contribution >= 4 is 11.8 Å². The second kappa shape index (κ2) is 2.72. The Morgan fingerprint density at radius 2 is 1.25 bits per heavy atom. The molecule has 0 aromatic heterocycles. The van der Waals surface area contributed by atoms with Crippen molar-refractivity contribution in [1.29, 1.82) is 0 Å². The van der Waals surface area contributed by atoms with Crippen molar-refractivity contribution in [3.63, 3.8) is 0 Å². The van der Waals surface area contributed by atoms with Crippen LogP contribution in [0.1, 0.15) is 13.8 Å². The maximum Gasteiger partial charge on any atom is 0.271 e. The number of hydrogen-bond acceptors (Lipinski definition) is 4. The van der Waals surface area contributed by atoms with Crippen molar-refractivity contribution in [3.8, 4) is 0 Å². The molecule has 1 fully saturated rings. The number of hydrogen-bond donors (Lipinski definition) is 2. The van der Waals surface area contributed by atoms with Gasteiger partial charge in [0, 0.05) is 0 Å². The zero-order chi connectivity index (χ0) is 9.46. The average molecular weight is 174 g/mol. The van der Waals surface area contributed by atoms with Crippen LogP contribution < -0.4 is 0 Å². The van der Waals surface area contributed by atoms with Gasteiger partial charge in [-0.3, -0.25) is 20.0 Å². The topological polar surface area (TPSA) is 81.1 Å². The minimum absolute atomic E-state index is 0.333. The molecule has 1 aliphatic rings. The molecule has 0 aliphatic carbocycles. The quantitative estimate of drug-likeness (QED) is 0.472. The van der Waals surface area contributed by atoms with E-state index in [0.29, 0.717) is 10.1 Å². The summed E-state index contributed by atoms with van der Waals surface area (Å²) in [4.78, 5) is 22.0. The van der Waals surface area contributed by atoms with E-state index in [1.807, 2.05) is 0 Å². The van der Waals surface area contributed by atoms with Gasteiger partial charge in [-0.1, -0.05) is 0 Å². The van der Waals surface area contributed by atoms with Gasteiger partial charge in [0.2, 0.25) is 0 Å². The lowest BCUT2D eigenvalue weighted by Gasteiger charge is -2.35. The van der Waals surface area contributed by atoms with E-state index in [-0.39, 0.29) is 0 Å². The standard InChI is InChI=1S/C6H10N2O4/c1-3-5(9)8(12)4(2)6(10)7(3)11/h3-4,11-12H,1-2H3/t3-,4+. The van der Waals surface area contributed by atoms with Crippen LogP contribution in [0.15, 0.2) is 0 Å². The molecule has 12 heavy (non-hydrogen) atoms. The van der Waals surface area contributed by atoms with Gasteiger partial charge in [0.15, 0.2) is 0 Å². The third-order valence-corrected chi connectivity index (χ3v) is 1.90. The Balaban J connectivity index is 2.91. The van der Waals surface area contributed by atoms with Crippen LogP contribution in [-0.2, 0) is 9.59 Å². The Morgan fingerprint density at radius 1 is 1.00 bits per heavy atom.